The molecule has 1 fully saturated rings. The summed E-state index contributed by atoms with van der Waals surface area (Å²) in [6, 6.07) is 6.87. The minimum Gasteiger partial charge on any atom is -0.383 e. The van der Waals surface area contributed by atoms with Gasteiger partial charge in [-0.1, -0.05) is 18.2 Å². The van der Waals surface area contributed by atoms with Crippen LogP contribution in [0.3, 0.4) is 0 Å². The Hall–Kier alpha value is -1.43. The molecule has 0 radical (unpaired) electrons. The lowest BCUT2D eigenvalue weighted by molar-refractivity contribution is -0.128. The number of hydrogen-bond acceptors (Lipinski definition) is 4. The van der Waals surface area contributed by atoms with Gasteiger partial charge in [-0.2, -0.15) is 0 Å². The smallest absolute Gasteiger partial charge is 0.223 e. The van der Waals surface area contributed by atoms with E-state index in [1.165, 1.54) is 16.7 Å². The average molecular weight is 331 g/mol. The Morgan fingerprint density at radius 2 is 2.08 bits per heavy atom. The van der Waals surface area contributed by atoms with Gasteiger partial charge in [-0.15, -0.1) is 0 Å². The van der Waals surface area contributed by atoms with Crippen LogP contribution in [-0.4, -0.2) is 68.1 Å². The van der Waals surface area contributed by atoms with E-state index in [2.05, 4.69) is 42.1 Å². The van der Waals surface area contributed by atoms with E-state index in [0.717, 1.165) is 32.7 Å². The van der Waals surface area contributed by atoms with Crippen molar-refractivity contribution in [1.29, 1.82) is 0 Å². The van der Waals surface area contributed by atoms with E-state index in [4.69, 9.17) is 4.74 Å². The van der Waals surface area contributed by atoms with Gasteiger partial charge in [-0.3, -0.25) is 9.69 Å². The summed E-state index contributed by atoms with van der Waals surface area (Å²) in [6.45, 7) is 6.23. The van der Waals surface area contributed by atoms with Crippen molar-refractivity contribution < 1.29 is 9.53 Å². The van der Waals surface area contributed by atoms with Crippen LogP contribution < -0.4 is 0 Å². The highest BCUT2D eigenvalue weighted by Gasteiger charge is 2.29. The number of carbonyl (C=O) groups is 1. The summed E-state index contributed by atoms with van der Waals surface area (Å²) < 4.78 is 5.08. The van der Waals surface area contributed by atoms with Crippen molar-refractivity contribution in [3.8, 4) is 0 Å². The molecule has 0 aromatic heterocycles. The summed E-state index contributed by atoms with van der Waals surface area (Å²) >= 11 is 0. The second kappa shape index (κ2) is 7.64. The first-order chi connectivity index (χ1) is 11.5. The topological polar surface area (TPSA) is 36.0 Å². The average Bonchev–Trinajstić information content (AvgIpc) is 3.06. The number of rotatable bonds is 7. The first-order valence-electron chi connectivity index (χ1n) is 8.79. The van der Waals surface area contributed by atoms with Crippen LogP contribution in [0.2, 0.25) is 0 Å². The van der Waals surface area contributed by atoms with Crippen molar-refractivity contribution in [1.82, 2.24) is 14.7 Å². The third kappa shape index (κ3) is 4.15. The van der Waals surface area contributed by atoms with Gasteiger partial charge in [0.1, 0.15) is 0 Å². The quantitative estimate of drug-likeness (QED) is 0.760. The molecular formula is C19H29N3O2. The van der Waals surface area contributed by atoms with Gasteiger partial charge in [0.05, 0.1) is 6.61 Å². The number of amides is 1. The van der Waals surface area contributed by atoms with Gasteiger partial charge in [-0.05, 0) is 36.7 Å². The normalized spacial score (nSPS) is 21.1. The lowest BCUT2D eigenvalue weighted by Gasteiger charge is -2.21. The zero-order valence-electron chi connectivity index (χ0n) is 15.1. The van der Waals surface area contributed by atoms with Crippen molar-refractivity contribution in [2.24, 2.45) is 5.92 Å². The molecule has 5 nitrogen and oxygen atoms in total. The van der Waals surface area contributed by atoms with Crippen LogP contribution in [0.1, 0.15) is 23.1 Å². The first-order valence-corrected chi connectivity index (χ1v) is 8.79. The zero-order valence-corrected chi connectivity index (χ0v) is 15.1. The highest BCUT2D eigenvalue weighted by atomic mass is 16.5. The van der Waals surface area contributed by atoms with Crippen LogP contribution in [0.4, 0.5) is 0 Å². The number of hydrogen-bond donors (Lipinski definition) is 0. The molecule has 2 aliphatic heterocycles. The van der Waals surface area contributed by atoms with E-state index >= 15 is 0 Å². The number of methoxy groups -OCH3 is 1. The Morgan fingerprint density at radius 1 is 1.29 bits per heavy atom. The lowest BCUT2D eigenvalue weighted by atomic mass is 10.1. The van der Waals surface area contributed by atoms with Crippen molar-refractivity contribution >= 4 is 5.91 Å². The van der Waals surface area contributed by atoms with Gasteiger partial charge in [0, 0.05) is 52.8 Å². The Kier molecular flexibility index (Phi) is 5.54. The molecule has 1 atom stereocenters. The number of carbonyl (C=O) groups excluding carboxylic acids is 1. The van der Waals surface area contributed by atoms with E-state index in [9.17, 15) is 4.79 Å². The number of nitrogens with zero attached hydrogens (tertiary/aromatic N) is 3. The van der Waals surface area contributed by atoms with E-state index < -0.39 is 0 Å². The number of ether oxygens (including phenoxy) is 1. The predicted octanol–water partition coefficient (Wildman–Crippen LogP) is 1.56. The molecule has 132 valence electrons. The van der Waals surface area contributed by atoms with Crippen molar-refractivity contribution in [2.45, 2.75) is 26.1 Å². The number of fused-ring (bicyclic) bond motifs is 1. The van der Waals surface area contributed by atoms with Crippen LogP contribution in [0.5, 0.6) is 0 Å². The molecular weight excluding hydrogens is 302 g/mol. The fourth-order valence-electron chi connectivity index (χ4n) is 3.93. The van der Waals surface area contributed by atoms with E-state index in [0.29, 0.717) is 25.5 Å². The molecule has 2 aliphatic rings. The second-order valence-electron chi connectivity index (χ2n) is 7.37. The minimum absolute atomic E-state index is 0.269. The SMILES string of the molecule is COCCN1C[C@H](CN(C)Cc2ccc3c(c2)CN(C)C3)CC1=O. The summed E-state index contributed by atoms with van der Waals surface area (Å²) in [5.74, 6) is 0.700. The van der Waals surface area contributed by atoms with Crippen molar-refractivity contribution in [2.75, 3.05) is 47.4 Å². The summed E-state index contributed by atoms with van der Waals surface area (Å²) in [4.78, 5) is 18.7. The molecule has 0 saturated carbocycles. The molecule has 0 spiro atoms. The van der Waals surface area contributed by atoms with Crippen LogP contribution in [0.25, 0.3) is 0 Å². The van der Waals surface area contributed by atoms with Crippen LogP contribution >= 0.6 is 0 Å². The molecule has 0 bridgehead atoms. The molecule has 0 unspecified atom stereocenters. The van der Waals surface area contributed by atoms with E-state index in [1.54, 1.807) is 7.11 Å². The van der Waals surface area contributed by atoms with Gasteiger partial charge in [0.25, 0.3) is 0 Å². The maximum atomic E-state index is 12.0. The fraction of sp³-hybridized carbons (Fsp3) is 0.632. The summed E-state index contributed by atoms with van der Waals surface area (Å²) in [5.41, 5.74) is 4.29. The highest BCUT2D eigenvalue weighted by molar-refractivity contribution is 5.78. The Morgan fingerprint density at radius 3 is 2.88 bits per heavy atom. The maximum Gasteiger partial charge on any atom is 0.223 e. The molecule has 1 aromatic carbocycles. The molecule has 0 aliphatic carbocycles. The van der Waals surface area contributed by atoms with Gasteiger partial charge in [0.15, 0.2) is 0 Å². The molecule has 1 saturated heterocycles. The first kappa shape index (κ1) is 17.4. The van der Waals surface area contributed by atoms with Gasteiger partial charge < -0.3 is 14.5 Å². The maximum absolute atomic E-state index is 12.0. The number of benzene rings is 1. The standard InChI is InChI=1S/C19H29N3O2/c1-20(11-16-9-19(23)22(12-16)6-7-24-3)10-15-4-5-17-13-21(2)14-18(17)8-15/h4-5,8,16H,6-7,9-14H2,1-3H3/t16-/m0/s1. The van der Waals surface area contributed by atoms with Crippen molar-refractivity contribution in [3.63, 3.8) is 0 Å². The lowest BCUT2D eigenvalue weighted by Crippen LogP contribution is -2.31. The molecule has 1 amide bonds. The van der Waals surface area contributed by atoms with E-state index in [-0.39, 0.29) is 5.91 Å². The molecule has 24 heavy (non-hydrogen) atoms. The monoisotopic (exact) mass is 331 g/mol. The second-order valence-corrected chi connectivity index (χ2v) is 7.37. The van der Waals surface area contributed by atoms with E-state index in [1.807, 2.05) is 4.90 Å². The summed E-state index contributed by atoms with van der Waals surface area (Å²) in [5, 5.41) is 0. The summed E-state index contributed by atoms with van der Waals surface area (Å²) in [6.07, 6.45) is 0.670. The molecule has 0 N–H and O–H groups in total. The predicted molar refractivity (Wildman–Crippen MR) is 94.5 cm³/mol. The van der Waals surface area contributed by atoms with Crippen LogP contribution in [-0.2, 0) is 29.2 Å². The largest absolute Gasteiger partial charge is 0.383 e. The van der Waals surface area contributed by atoms with Crippen molar-refractivity contribution in [3.05, 3.63) is 34.9 Å². The molecule has 2 heterocycles. The minimum atomic E-state index is 0.269. The fourth-order valence-corrected chi connectivity index (χ4v) is 3.93. The molecule has 3 rings (SSSR count). The molecule has 1 aromatic rings. The Balaban J connectivity index is 1.50. The van der Waals surface area contributed by atoms with Gasteiger partial charge >= 0.3 is 0 Å². The third-order valence-electron chi connectivity index (χ3n) is 5.03. The Labute approximate surface area is 145 Å². The Bertz CT molecular complexity index is 590. The highest BCUT2D eigenvalue weighted by Crippen LogP contribution is 2.23. The van der Waals surface area contributed by atoms with Gasteiger partial charge in [0.2, 0.25) is 5.91 Å². The zero-order chi connectivity index (χ0) is 17.1. The number of likely N-dealkylation sites (tertiary alicyclic amines) is 1. The molecule has 5 heteroatoms. The van der Waals surface area contributed by atoms with Crippen LogP contribution in [0, 0.1) is 5.92 Å². The third-order valence-corrected chi connectivity index (χ3v) is 5.03. The van der Waals surface area contributed by atoms with Gasteiger partial charge in [-0.25, -0.2) is 0 Å². The summed E-state index contributed by atoms with van der Waals surface area (Å²) in [7, 11) is 6.00. The van der Waals surface area contributed by atoms with Crippen LogP contribution in [0.15, 0.2) is 18.2 Å².